The molecule has 1 heterocycles. The van der Waals surface area contributed by atoms with Crippen molar-refractivity contribution in [2.45, 2.75) is 75.6 Å². The van der Waals surface area contributed by atoms with Crippen molar-refractivity contribution in [3.63, 3.8) is 0 Å². The van der Waals surface area contributed by atoms with Gasteiger partial charge in [-0.1, -0.05) is 0 Å². The van der Waals surface area contributed by atoms with Crippen LogP contribution in [0.1, 0.15) is 57.8 Å². The second-order valence-corrected chi connectivity index (χ2v) is 8.58. The molecule has 0 amide bonds. The zero-order chi connectivity index (χ0) is 17.2. The van der Waals surface area contributed by atoms with E-state index in [9.17, 15) is 4.39 Å². The maximum absolute atomic E-state index is 13.7. The first-order valence-corrected chi connectivity index (χ1v) is 9.84. The molecule has 0 aromatic rings. The highest BCUT2D eigenvalue weighted by Crippen LogP contribution is 2.54. The predicted octanol–water partition coefficient (Wildman–Crippen LogP) is 4.33. The van der Waals surface area contributed by atoms with E-state index in [0.29, 0.717) is 30.6 Å². The van der Waals surface area contributed by atoms with E-state index in [1.54, 1.807) is 0 Å². The van der Waals surface area contributed by atoms with Gasteiger partial charge in [-0.2, -0.15) is 0 Å². The Kier molecular flexibility index (Phi) is 5.82. The number of fused-ring (bicyclic) bond motifs is 1. The van der Waals surface area contributed by atoms with E-state index in [4.69, 9.17) is 11.3 Å². The summed E-state index contributed by atoms with van der Waals surface area (Å²) in [5, 5.41) is 0. The Morgan fingerprint density at radius 3 is 2.58 bits per heavy atom. The van der Waals surface area contributed by atoms with E-state index < -0.39 is 6.17 Å². The highest BCUT2D eigenvalue weighted by Gasteiger charge is 2.56. The third-order valence-corrected chi connectivity index (χ3v) is 6.85. The molecule has 0 aromatic heterocycles. The van der Waals surface area contributed by atoms with Crippen LogP contribution in [-0.2, 0) is 4.74 Å². The predicted molar refractivity (Wildman–Crippen MR) is 94.5 cm³/mol. The number of hydrogen-bond acceptors (Lipinski definition) is 2. The lowest BCUT2D eigenvalue weighted by molar-refractivity contribution is -0.0948. The molecular formula is C20H33FN2O. The summed E-state index contributed by atoms with van der Waals surface area (Å²) in [7, 11) is 4.25. The summed E-state index contributed by atoms with van der Waals surface area (Å²) in [6.45, 7) is 9.28. The average Bonchev–Trinajstić information content (AvgIpc) is 2.94. The minimum Gasteiger partial charge on any atom is -0.374 e. The Morgan fingerprint density at radius 1 is 1.17 bits per heavy atom. The Balaban J connectivity index is 1.74. The van der Waals surface area contributed by atoms with Crippen LogP contribution in [-0.4, -0.2) is 50.0 Å². The molecule has 4 atom stereocenters. The third kappa shape index (κ3) is 3.63. The van der Waals surface area contributed by atoms with Crippen molar-refractivity contribution >= 4 is 0 Å². The molecule has 4 unspecified atom stereocenters. The van der Waals surface area contributed by atoms with E-state index in [0.717, 1.165) is 58.1 Å². The van der Waals surface area contributed by atoms with Crippen LogP contribution >= 0.6 is 0 Å². The number of hydrogen-bond donors (Lipinski definition) is 0. The summed E-state index contributed by atoms with van der Waals surface area (Å²) in [5.41, 5.74) is -0.0339. The van der Waals surface area contributed by atoms with Gasteiger partial charge in [-0.05, 0) is 83.3 Å². The monoisotopic (exact) mass is 336 g/mol. The van der Waals surface area contributed by atoms with Crippen LogP contribution in [0.15, 0.2) is 0 Å². The van der Waals surface area contributed by atoms with Crippen LogP contribution in [0.5, 0.6) is 0 Å². The highest BCUT2D eigenvalue weighted by atomic mass is 19.1. The molecule has 3 rings (SSSR count). The van der Waals surface area contributed by atoms with Gasteiger partial charge in [0.2, 0.25) is 6.04 Å². The minimum atomic E-state index is -0.602. The summed E-state index contributed by atoms with van der Waals surface area (Å²) in [5.74, 6) is 1.67. The number of ether oxygens (including phenoxy) is 1. The van der Waals surface area contributed by atoms with Crippen molar-refractivity contribution in [1.82, 2.24) is 4.90 Å². The fraction of sp³-hybridized carbons (Fsp3) is 0.950. The summed E-state index contributed by atoms with van der Waals surface area (Å²) in [4.78, 5) is 6.05. The lowest BCUT2D eigenvalue weighted by Gasteiger charge is -2.46. The summed E-state index contributed by atoms with van der Waals surface area (Å²) < 4.78 is 20.3. The molecule has 0 aromatic carbocycles. The molecule has 3 aliphatic rings. The van der Waals surface area contributed by atoms with E-state index in [1.165, 1.54) is 0 Å². The smallest absolute Gasteiger partial charge is 0.224 e. The second kappa shape index (κ2) is 7.70. The lowest BCUT2D eigenvalue weighted by Crippen LogP contribution is -2.47. The number of halogens is 1. The maximum Gasteiger partial charge on any atom is 0.224 e. The first-order valence-electron chi connectivity index (χ1n) is 9.84. The van der Waals surface area contributed by atoms with Crippen molar-refractivity contribution in [3.05, 3.63) is 11.4 Å². The van der Waals surface area contributed by atoms with Crippen LogP contribution in [0.25, 0.3) is 4.85 Å². The van der Waals surface area contributed by atoms with Crippen molar-refractivity contribution < 1.29 is 9.13 Å². The van der Waals surface area contributed by atoms with Gasteiger partial charge in [-0.15, -0.1) is 0 Å². The topological polar surface area (TPSA) is 16.8 Å². The molecule has 0 N–H and O–H groups in total. The van der Waals surface area contributed by atoms with Gasteiger partial charge in [0, 0.05) is 12.8 Å². The number of rotatable bonds is 5. The molecule has 4 heteroatoms. The van der Waals surface area contributed by atoms with Crippen molar-refractivity contribution in [2.24, 2.45) is 17.8 Å². The average molecular weight is 336 g/mol. The van der Waals surface area contributed by atoms with Crippen LogP contribution in [0, 0.1) is 24.3 Å². The molecule has 24 heavy (non-hydrogen) atoms. The molecule has 1 saturated heterocycles. The second-order valence-electron chi connectivity index (χ2n) is 8.58. The number of alkyl halides is 1. The highest BCUT2D eigenvalue weighted by molar-refractivity contribution is 5.06. The minimum absolute atomic E-state index is 0.0339. The SMILES string of the molecule is [C-]#[N+]C1CCC2C(COC2(CCCN(C)C)C2CCC(F)CC2)C1. The summed E-state index contributed by atoms with van der Waals surface area (Å²) >= 11 is 0. The molecular weight excluding hydrogens is 303 g/mol. The van der Waals surface area contributed by atoms with Gasteiger partial charge in [0.05, 0.1) is 12.2 Å². The van der Waals surface area contributed by atoms with Crippen molar-refractivity contribution in [2.75, 3.05) is 27.2 Å². The van der Waals surface area contributed by atoms with Gasteiger partial charge in [0.25, 0.3) is 0 Å². The molecule has 2 saturated carbocycles. The molecule has 2 aliphatic carbocycles. The summed E-state index contributed by atoms with van der Waals surface area (Å²) in [6, 6.07) is 0.203. The van der Waals surface area contributed by atoms with Crippen LogP contribution in [0.4, 0.5) is 4.39 Å². The van der Waals surface area contributed by atoms with Gasteiger partial charge in [0.15, 0.2) is 0 Å². The van der Waals surface area contributed by atoms with Gasteiger partial charge in [0.1, 0.15) is 6.17 Å². The maximum atomic E-state index is 13.7. The Labute approximate surface area is 146 Å². The first-order chi connectivity index (χ1) is 11.5. The van der Waals surface area contributed by atoms with E-state index >= 15 is 0 Å². The van der Waals surface area contributed by atoms with Crippen LogP contribution in [0.2, 0.25) is 0 Å². The number of nitrogens with zero attached hydrogens (tertiary/aromatic N) is 2. The van der Waals surface area contributed by atoms with Crippen LogP contribution in [0.3, 0.4) is 0 Å². The summed E-state index contributed by atoms with van der Waals surface area (Å²) in [6.07, 6.45) is 8.23. The fourth-order valence-corrected chi connectivity index (χ4v) is 5.65. The zero-order valence-corrected chi connectivity index (χ0v) is 15.3. The quantitative estimate of drug-likeness (QED) is 0.695. The molecule has 0 spiro atoms. The van der Waals surface area contributed by atoms with Gasteiger partial charge >= 0.3 is 0 Å². The third-order valence-electron chi connectivity index (χ3n) is 6.85. The van der Waals surface area contributed by atoms with Crippen molar-refractivity contribution in [3.8, 4) is 0 Å². The normalized spacial score (nSPS) is 42.7. The van der Waals surface area contributed by atoms with E-state index in [2.05, 4.69) is 23.8 Å². The molecule has 3 nitrogen and oxygen atoms in total. The van der Waals surface area contributed by atoms with Gasteiger partial charge in [-0.3, -0.25) is 0 Å². The fourth-order valence-electron chi connectivity index (χ4n) is 5.65. The molecule has 1 aliphatic heterocycles. The zero-order valence-electron chi connectivity index (χ0n) is 15.3. The van der Waals surface area contributed by atoms with E-state index in [1.807, 2.05) is 0 Å². The molecule has 136 valence electrons. The Bertz CT molecular complexity index is 455. The van der Waals surface area contributed by atoms with Crippen molar-refractivity contribution in [1.29, 1.82) is 0 Å². The molecule has 0 bridgehead atoms. The first kappa shape index (κ1) is 18.1. The Hall–Kier alpha value is -0.660. The standard InChI is InChI=1S/C20H33FN2O/c1-22-18-9-10-19-15(13-18)14-24-20(19,11-4-12-23(2)3)16-5-7-17(21)8-6-16/h15-19H,4-14H2,2-3H3. The molecule has 3 fully saturated rings. The lowest BCUT2D eigenvalue weighted by atomic mass is 9.62. The largest absolute Gasteiger partial charge is 0.374 e. The van der Waals surface area contributed by atoms with E-state index in [-0.39, 0.29) is 11.6 Å². The van der Waals surface area contributed by atoms with Gasteiger partial charge < -0.3 is 14.5 Å². The Morgan fingerprint density at radius 2 is 1.92 bits per heavy atom. The van der Waals surface area contributed by atoms with Crippen LogP contribution < -0.4 is 0 Å². The van der Waals surface area contributed by atoms with Gasteiger partial charge in [-0.25, -0.2) is 11.0 Å². The molecule has 0 radical (unpaired) electrons.